The fourth-order valence-corrected chi connectivity index (χ4v) is 3.64. The van der Waals surface area contributed by atoms with Gasteiger partial charge in [0.15, 0.2) is 5.76 Å². The van der Waals surface area contributed by atoms with Crippen LogP contribution in [0.3, 0.4) is 0 Å². The van der Waals surface area contributed by atoms with Gasteiger partial charge in [-0.2, -0.15) is 5.10 Å². The Morgan fingerprint density at radius 2 is 2.00 bits per heavy atom. The molecule has 1 N–H and O–H groups in total. The summed E-state index contributed by atoms with van der Waals surface area (Å²) in [7, 11) is 1.85. The summed E-state index contributed by atoms with van der Waals surface area (Å²) >= 11 is 0. The van der Waals surface area contributed by atoms with Crippen molar-refractivity contribution in [3.63, 3.8) is 0 Å². The van der Waals surface area contributed by atoms with Crippen molar-refractivity contribution in [1.29, 1.82) is 0 Å². The van der Waals surface area contributed by atoms with Crippen molar-refractivity contribution in [1.82, 2.24) is 14.7 Å². The Labute approximate surface area is 149 Å². The lowest BCUT2D eigenvalue weighted by molar-refractivity contribution is 0.0994. The highest BCUT2D eigenvalue weighted by molar-refractivity contribution is 6.02. The first-order valence-corrected chi connectivity index (χ1v) is 9.21. The normalized spacial score (nSPS) is 15.0. The van der Waals surface area contributed by atoms with Crippen LogP contribution in [0.5, 0.6) is 0 Å². The molecular formula is C19H28N4O2. The Bertz CT molecular complexity index is 754. The molecule has 1 amide bonds. The van der Waals surface area contributed by atoms with Gasteiger partial charge in [-0.1, -0.05) is 13.8 Å². The first kappa shape index (κ1) is 17.7. The van der Waals surface area contributed by atoms with Crippen molar-refractivity contribution in [2.75, 3.05) is 18.4 Å². The first-order valence-electron chi connectivity index (χ1n) is 9.21. The van der Waals surface area contributed by atoms with Crippen LogP contribution in [0, 0.1) is 6.92 Å². The van der Waals surface area contributed by atoms with Gasteiger partial charge in [0.05, 0.1) is 5.69 Å². The zero-order valence-corrected chi connectivity index (χ0v) is 15.7. The lowest BCUT2D eigenvalue weighted by Crippen LogP contribution is -2.18. The van der Waals surface area contributed by atoms with E-state index in [-0.39, 0.29) is 5.91 Å². The fraction of sp³-hybridized carbons (Fsp3) is 0.579. The van der Waals surface area contributed by atoms with Gasteiger partial charge in [0.2, 0.25) is 0 Å². The van der Waals surface area contributed by atoms with Gasteiger partial charge >= 0.3 is 0 Å². The van der Waals surface area contributed by atoms with E-state index in [4.69, 9.17) is 4.42 Å². The van der Waals surface area contributed by atoms with Crippen molar-refractivity contribution in [2.45, 2.75) is 53.0 Å². The summed E-state index contributed by atoms with van der Waals surface area (Å²) in [6.07, 6.45) is 4.13. The molecule has 0 aliphatic carbocycles. The van der Waals surface area contributed by atoms with Crippen molar-refractivity contribution in [2.24, 2.45) is 7.05 Å². The number of hydrogen-bond donors (Lipinski definition) is 1. The number of aryl methyl sites for hydroxylation is 3. The predicted molar refractivity (Wildman–Crippen MR) is 97.9 cm³/mol. The van der Waals surface area contributed by atoms with E-state index in [0.29, 0.717) is 5.76 Å². The number of furan rings is 1. The molecule has 0 bridgehead atoms. The molecule has 0 spiro atoms. The number of anilines is 1. The smallest absolute Gasteiger partial charge is 0.292 e. The van der Waals surface area contributed by atoms with Gasteiger partial charge in [-0.3, -0.25) is 14.4 Å². The molecule has 3 rings (SSSR count). The van der Waals surface area contributed by atoms with Crippen LogP contribution >= 0.6 is 0 Å². The van der Waals surface area contributed by atoms with Crippen LogP contribution < -0.4 is 5.32 Å². The molecule has 1 saturated heterocycles. The average Bonchev–Trinajstić information content (AvgIpc) is 3.29. The third-order valence-electron chi connectivity index (χ3n) is 4.97. The highest BCUT2D eigenvalue weighted by Crippen LogP contribution is 2.23. The fourth-order valence-electron chi connectivity index (χ4n) is 3.64. The third-order valence-corrected chi connectivity index (χ3v) is 4.97. The Hall–Kier alpha value is -2.08. The molecule has 2 aromatic rings. The second-order valence-electron chi connectivity index (χ2n) is 6.74. The number of rotatable bonds is 6. The van der Waals surface area contributed by atoms with Crippen molar-refractivity contribution in [3.05, 3.63) is 34.4 Å². The highest BCUT2D eigenvalue weighted by Gasteiger charge is 2.21. The molecule has 1 aliphatic heterocycles. The minimum absolute atomic E-state index is 0.208. The van der Waals surface area contributed by atoms with E-state index in [1.165, 1.54) is 12.8 Å². The predicted octanol–water partition coefficient (Wildman–Crippen LogP) is 3.29. The second-order valence-corrected chi connectivity index (χ2v) is 6.74. The average molecular weight is 344 g/mol. The maximum Gasteiger partial charge on any atom is 0.292 e. The van der Waals surface area contributed by atoms with Crippen LogP contribution in [-0.4, -0.2) is 33.7 Å². The Balaban J connectivity index is 1.79. The van der Waals surface area contributed by atoms with Gasteiger partial charge < -0.3 is 9.73 Å². The number of nitrogens with zero attached hydrogens (tertiary/aromatic N) is 3. The van der Waals surface area contributed by atoms with Gasteiger partial charge in [0.1, 0.15) is 11.6 Å². The summed E-state index contributed by atoms with van der Waals surface area (Å²) in [5.74, 6) is 1.83. The first-order chi connectivity index (χ1) is 12.0. The van der Waals surface area contributed by atoms with Crippen LogP contribution in [-0.2, 0) is 26.4 Å². The van der Waals surface area contributed by atoms with E-state index < -0.39 is 0 Å². The largest absolute Gasteiger partial charge is 0.456 e. The summed E-state index contributed by atoms with van der Waals surface area (Å²) in [6, 6.07) is 1.90. The molecule has 136 valence electrons. The lowest BCUT2D eigenvalue weighted by atomic mass is 10.2. The van der Waals surface area contributed by atoms with E-state index in [2.05, 4.69) is 29.2 Å². The maximum atomic E-state index is 12.7. The van der Waals surface area contributed by atoms with Crippen LogP contribution in [0.1, 0.15) is 59.8 Å². The second kappa shape index (κ2) is 7.44. The van der Waals surface area contributed by atoms with E-state index in [1.54, 1.807) is 4.68 Å². The molecule has 0 atom stereocenters. The maximum absolute atomic E-state index is 12.7. The molecule has 25 heavy (non-hydrogen) atoms. The van der Waals surface area contributed by atoms with E-state index in [1.807, 2.05) is 20.0 Å². The SMILES string of the molecule is CCc1oc(C(=O)Nc2c(CC)c(C)nn2C)cc1CN1CCCC1. The van der Waals surface area contributed by atoms with Crippen molar-refractivity contribution in [3.8, 4) is 0 Å². The summed E-state index contributed by atoms with van der Waals surface area (Å²) in [4.78, 5) is 15.1. The number of likely N-dealkylation sites (tertiary alicyclic amines) is 1. The topological polar surface area (TPSA) is 63.3 Å². The molecule has 6 nitrogen and oxygen atoms in total. The number of nitrogens with one attached hydrogen (secondary N) is 1. The zero-order chi connectivity index (χ0) is 18.0. The number of hydrogen-bond acceptors (Lipinski definition) is 4. The Kier molecular flexibility index (Phi) is 5.27. The van der Waals surface area contributed by atoms with Crippen LogP contribution in [0.2, 0.25) is 0 Å². The molecular weight excluding hydrogens is 316 g/mol. The number of amides is 1. The van der Waals surface area contributed by atoms with E-state index in [0.717, 1.165) is 60.9 Å². The molecule has 0 aromatic carbocycles. The summed E-state index contributed by atoms with van der Waals surface area (Å²) in [6.45, 7) is 9.22. The van der Waals surface area contributed by atoms with Crippen LogP contribution in [0.4, 0.5) is 5.82 Å². The number of carbonyl (C=O) groups is 1. The summed E-state index contributed by atoms with van der Waals surface area (Å²) in [5, 5.41) is 7.38. The molecule has 2 aromatic heterocycles. The van der Waals surface area contributed by atoms with Gasteiger partial charge in [-0.25, -0.2) is 0 Å². The van der Waals surface area contributed by atoms with Gasteiger partial charge in [-0.05, 0) is 45.3 Å². The van der Waals surface area contributed by atoms with Gasteiger partial charge in [0.25, 0.3) is 5.91 Å². The number of carbonyl (C=O) groups excluding carboxylic acids is 1. The third kappa shape index (κ3) is 3.63. The van der Waals surface area contributed by atoms with E-state index >= 15 is 0 Å². The molecule has 3 heterocycles. The molecule has 6 heteroatoms. The Morgan fingerprint density at radius 3 is 2.64 bits per heavy atom. The standard InChI is InChI=1S/C19H28N4O2/c1-5-15-13(3)21-22(4)18(15)20-19(24)17-11-14(16(6-2)25-17)12-23-9-7-8-10-23/h11H,5-10,12H2,1-4H3,(H,20,24). The van der Waals surface area contributed by atoms with Crippen molar-refractivity contribution < 1.29 is 9.21 Å². The summed E-state index contributed by atoms with van der Waals surface area (Å²) in [5.41, 5.74) is 3.14. The quantitative estimate of drug-likeness (QED) is 0.873. The zero-order valence-electron chi connectivity index (χ0n) is 15.7. The van der Waals surface area contributed by atoms with E-state index in [9.17, 15) is 4.79 Å². The minimum atomic E-state index is -0.208. The summed E-state index contributed by atoms with van der Waals surface area (Å²) < 4.78 is 7.58. The lowest BCUT2D eigenvalue weighted by Gasteiger charge is -2.13. The monoisotopic (exact) mass is 344 g/mol. The highest BCUT2D eigenvalue weighted by atomic mass is 16.4. The van der Waals surface area contributed by atoms with Crippen LogP contribution in [0.15, 0.2) is 10.5 Å². The molecule has 1 fully saturated rings. The van der Waals surface area contributed by atoms with Crippen LogP contribution in [0.25, 0.3) is 0 Å². The van der Waals surface area contributed by atoms with Gasteiger partial charge in [-0.15, -0.1) is 0 Å². The van der Waals surface area contributed by atoms with Gasteiger partial charge in [0, 0.05) is 31.1 Å². The molecule has 0 unspecified atom stereocenters. The molecule has 1 aliphatic rings. The Morgan fingerprint density at radius 1 is 1.28 bits per heavy atom. The number of aromatic nitrogens is 2. The minimum Gasteiger partial charge on any atom is -0.456 e. The van der Waals surface area contributed by atoms with Crippen molar-refractivity contribution >= 4 is 11.7 Å². The molecule has 0 radical (unpaired) electrons. The molecule has 0 saturated carbocycles.